The number of ketones is 1. The SMILES string of the molecule is CCOC(=O)C(N)(CC)C(=O)c1ccc(NC)cc1. The number of carbonyl (C=O) groups excluding carboxylic acids is 2. The number of hydrogen-bond acceptors (Lipinski definition) is 5. The summed E-state index contributed by atoms with van der Waals surface area (Å²) in [5, 5.41) is 2.95. The Kier molecular flexibility index (Phi) is 5.06. The number of ether oxygens (including phenoxy) is 1. The smallest absolute Gasteiger partial charge is 0.334 e. The number of carbonyl (C=O) groups is 2. The van der Waals surface area contributed by atoms with Crippen molar-refractivity contribution >= 4 is 17.4 Å². The van der Waals surface area contributed by atoms with Gasteiger partial charge in [0.2, 0.25) is 0 Å². The van der Waals surface area contributed by atoms with Crippen molar-refractivity contribution in [2.45, 2.75) is 25.8 Å². The molecule has 5 nitrogen and oxygen atoms in total. The van der Waals surface area contributed by atoms with Crippen LogP contribution in [0.2, 0.25) is 0 Å². The monoisotopic (exact) mass is 264 g/mol. The summed E-state index contributed by atoms with van der Waals surface area (Å²) in [7, 11) is 1.79. The second-order valence-corrected chi connectivity index (χ2v) is 4.20. The quantitative estimate of drug-likeness (QED) is 0.463. The van der Waals surface area contributed by atoms with Crippen LogP contribution < -0.4 is 11.1 Å². The van der Waals surface area contributed by atoms with Crippen molar-refractivity contribution in [3.05, 3.63) is 29.8 Å². The van der Waals surface area contributed by atoms with Crippen molar-refractivity contribution < 1.29 is 14.3 Å². The number of hydrogen-bond donors (Lipinski definition) is 2. The molecule has 104 valence electrons. The Morgan fingerprint density at radius 3 is 2.26 bits per heavy atom. The van der Waals surface area contributed by atoms with E-state index in [1.165, 1.54) is 0 Å². The minimum atomic E-state index is -1.61. The first-order valence-corrected chi connectivity index (χ1v) is 6.28. The zero-order chi connectivity index (χ0) is 14.5. The molecule has 1 aromatic rings. The highest BCUT2D eigenvalue weighted by Gasteiger charge is 2.42. The van der Waals surface area contributed by atoms with E-state index in [0.29, 0.717) is 5.56 Å². The van der Waals surface area contributed by atoms with Gasteiger partial charge in [-0.05, 0) is 37.6 Å². The van der Waals surface area contributed by atoms with Gasteiger partial charge in [0.15, 0.2) is 11.3 Å². The van der Waals surface area contributed by atoms with E-state index in [4.69, 9.17) is 10.5 Å². The molecule has 0 amide bonds. The van der Waals surface area contributed by atoms with Crippen molar-refractivity contribution in [2.24, 2.45) is 5.73 Å². The second kappa shape index (κ2) is 6.33. The second-order valence-electron chi connectivity index (χ2n) is 4.20. The molecule has 1 aromatic carbocycles. The normalized spacial score (nSPS) is 13.5. The summed E-state index contributed by atoms with van der Waals surface area (Å²) in [6.07, 6.45) is 0.193. The van der Waals surface area contributed by atoms with E-state index >= 15 is 0 Å². The number of rotatable bonds is 6. The Labute approximate surface area is 113 Å². The fourth-order valence-electron chi connectivity index (χ4n) is 1.70. The average Bonchev–Trinajstić information content (AvgIpc) is 2.46. The molecule has 1 atom stereocenters. The van der Waals surface area contributed by atoms with E-state index in [1.54, 1.807) is 45.2 Å². The maximum atomic E-state index is 12.4. The number of nitrogens with two attached hydrogens (primary N) is 1. The lowest BCUT2D eigenvalue weighted by Crippen LogP contribution is -2.55. The molecule has 0 spiro atoms. The summed E-state index contributed by atoms with van der Waals surface area (Å²) in [5.41, 5.74) is 5.60. The first-order valence-electron chi connectivity index (χ1n) is 6.28. The van der Waals surface area contributed by atoms with Crippen LogP contribution in [0.25, 0.3) is 0 Å². The Morgan fingerprint density at radius 1 is 1.26 bits per heavy atom. The summed E-state index contributed by atoms with van der Waals surface area (Å²) in [5.74, 6) is -1.10. The fourth-order valence-corrected chi connectivity index (χ4v) is 1.70. The van der Waals surface area contributed by atoms with Crippen LogP contribution in [0.4, 0.5) is 5.69 Å². The van der Waals surface area contributed by atoms with Crippen molar-refractivity contribution in [2.75, 3.05) is 19.0 Å². The molecule has 0 fully saturated rings. The van der Waals surface area contributed by atoms with E-state index in [1.807, 2.05) is 0 Å². The number of benzene rings is 1. The first kappa shape index (κ1) is 15.2. The van der Waals surface area contributed by atoms with E-state index in [2.05, 4.69) is 5.32 Å². The lowest BCUT2D eigenvalue weighted by Gasteiger charge is -2.24. The Morgan fingerprint density at radius 2 is 1.84 bits per heavy atom. The Balaban J connectivity index is 3.03. The van der Waals surface area contributed by atoms with Crippen LogP contribution in [-0.4, -0.2) is 30.9 Å². The number of Topliss-reactive ketones (excluding diaryl/α,β-unsaturated/α-hetero) is 1. The molecule has 0 saturated carbocycles. The average molecular weight is 264 g/mol. The van der Waals surface area contributed by atoms with Crippen molar-refractivity contribution in [1.82, 2.24) is 0 Å². The summed E-state index contributed by atoms with van der Waals surface area (Å²) < 4.78 is 4.89. The van der Waals surface area contributed by atoms with Gasteiger partial charge in [0.05, 0.1) is 6.61 Å². The molecule has 0 aliphatic rings. The van der Waals surface area contributed by atoms with Gasteiger partial charge in [0.1, 0.15) is 0 Å². The third kappa shape index (κ3) is 3.12. The van der Waals surface area contributed by atoms with Gasteiger partial charge < -0.3 is 15.8 Å². The predicted octanol–water partition coefficient (Wildman–Crippen LogP) is 1.58. The molecule has 0 aliphatic heterocycles. The van der Waals surface area contributed by atoms with E-state index < -0.39 is 17.3 Å². The van der Waals surface area contributed by atoms with E-state index in [9.17, 15) is 9.59 Å². The van der Waals surface area contributed by atoms with Crippen molar-refractivity contribution in [3.63, 3.8) is 0 Å². The van der Waals surface area contributed by atoms with Crippen LogP contribution in [-0.2, 0) is 9.53 Å². The molecule has 1 unspecified atom stereocenters. The van der Waals surface area contributed by atoms with Crippen molar-refractivity contribution in [3.8, 4) is 0 Å². The van der Waals surface area contributed by atoms with Gasteiger partial charge in [-0.3, -0.25) is 4.79 Å². The Bertz CT molecular complexity index is 456. The topological polar surface area (TPSA) is 81.4 Å². The van der Waals surface area contributed by atoms with Gasteiger partial charge in [0.25, 0.3) is 0 Å². The van der Waals surface area contributed by atoms with Crippen LogP contribution in [0.15, 0.2) is 24.3 Å². The standard InChI is InChI=1S/C14H20N2O3/c1-4-14(15,13(18)19-5-2)12(17)10-6-8-11(16-3)9-7-10/h6-9,16H,4-5,15H2,1-3H3. The summed E-state index contributed by atoms with van der Waals surface area (Å²) in [6.45, 7) is 3.57. The third-order valence-electron chi connectivity index (χ3n) is 3.04. The molecule has 0 saturated heterocycles. The lowest BCUT2D eigenvalue weighted by atomic mass is 9.87. The van der Waals surface area contributed by atoms with Gasteiger partial charge in [0, 0.05) is 18.3 Å². The maximum Gasteiger partial charge on any atom is 0.334 e. The van der Waals surface area contributed by atoms with Gasteiger partial charge in [-0.1, -0.05) is 6.92 Å². The van der Waals surface area contributed by atoms with Crippen molar-refractivity contribution in [1.29, 1.82) is 0 Å². The zero-order valence-corrected chi connectivity index (χ0v) is 11.5. The molecule has 19 heavy (non-hydrogen) atoms. The molecular weight excluding hydrogens is 244 g/mol. The molecule has 5 heteroatoms. The number of anilines is 1. The minimum Gasteiger partial charge on any atom is -0.464 e. The molecular formula is C14H20N2O3. The summed E-state index contributed by atoms with van der Waals surface area (Å²) in [6, 6.07) is 6.80. The third-order valence-corrected chi connectivity index (χ3v) is 3.04. The highest BCUT2D eigenvalue weighted by molar-refractivity contribution is 6.16. The van der Waals surface area contributed by atoms with Crippen LogP contribution in [0.1, 0.15) is 30.6 Å². The molecule has 0 aromatic heterocycles. The number of esters is 1. The molecule has 0 radical (unpaired) electrons. The summed E-state index contributed by atoms with van der Waals surface area (Å²) in [4.78, 5) is 24.2. The Hall–Kier alpha value is -1.88. The van der Waals surface area contributed by atoms with Gasteiger partial charge in [-0.2, -0.15) is 0 Å². The van der Waals surface area contributed by atoms with Gasteiger partial charge in [-0.25, -0.2) is 4.79 Å². The lowest BCUT2D eigenvalue weighted by molar-refractivity contribution is -0.147. The van der Waals surface area contributed by atoms with E-state index in [0.717, 1.165) is 5.69 Å². The maximum absolute atomic E-state index is 12.4. The van der Waals surface area contributed by atoms with Crippen LogP contribution in [0.3, 0.4) is 0 Å². The van der Waals surface area contributed by atoms with E-state index in [-0.39, 0.29) is 13.0 Å². The first-order chi connectivity index (χ1) is 8.99. The minimum absolute atomic E-state index is 0.193. The van der Waals surface area contributed by atoms with Crippen LogP contribution >= 0.6 is 0 Å². The molecule has 1 rings (SSSR count). The van der Waals surface area contributed by atoms with Gasteiger partial charge >= 0.3 is 5.97 Å². The predicted molar refractivity (Wildman–Crippen MR) is 74.2 cm³/mol. The number of nitrogens with one attached hydrogen (secondary N) is 1. The molecule has 0 aliphatic carbocycles. The molecule has 3 N–H and O–H groups in total. The summed E-state index contributed by atoms with van der Waals surface area (Å²) >= 11 is 0. The van der Waals surface area contributed by atoms with Gasteiger partial charge in [-0.15, -0.1) is 0 Å². The highest BCUT2D eigenvalue weighted by atomic mass is 16.5. The molecule has 0 heterocycles. The van der Waals surface area contributed by atoms with Crippen LogP contribution in [0, 0.1) is 0 Å². The fraction of sp³-hybridized carbons (Fsp3) is 0.429. The highest BCUT2D eigenvalue weighted by Crippen LogP contribution is 2.18. The molecule has 0 bridgehead atoms. The largest absolute Gasteiger partial charge is 0.464 e. The zero-order valence-electron chi connectivity index (χ0n) is 11.5. The van der Waals surface area contributed by atoms with Crippen LogP contribution in [0.5, 0.6) is 0 Å².